The van der Waals surface area contributed by atoms with Crippen LogP contribution >= 0.6 is 0 Å². The number of carbonyl (C=O) groups excluding carboxylic acids is 1. The summed E-state index contributed by atoms with van der Waals surface area (Å²) in [4.78, 5) is 28.6. The van der Waals surface area contributed by atoms with Crippen LogP contribution in [0.2, 0.25) is 0 Å². The van der Waals surface area contributed by atoms with Crippen LogP contribution in [-0.4, -0.2) is 70.7 Å². The van der Waals surface area contributed by atoms with Crippen molar-refractivity contribution in [2.24, 2.45) is 5.92 Å². The molecule has 11 heteroatoms. The number of halogens is 2. The Labute approximate surface area is 245 Å². The zero-order chi connectivity index (χ0) is 29.5. The van der Waals surface area contributed by atoms with Crippen LogP contribution < -0.4 is 10.2 Å². The van der Waals surface area contributed by atoms with Gasteiger partial charge in [0, 0.05) is 50.9 Å². The third-order valence-corrected chi connectivity index (χ3v) is 9.00. The first kappa shape index (κ1) is 28.7. The second-order valence-corrected chi connectivity index (χ2v) is 12.3. The molecule has 9 nitrogen and oxygen atoms in total. The maximum absolute atomic E-state index is 15.4. The summed E-state index contributed by atoms with van der Waals surface area (Å²) in [5.74, 6) is -1.36. The van der Waals surface area contributed by atoms with Gasteiger partial charge in [-0.1, -0.05) is 18.2 Å². The molecule has 2 aromatic rings. The molecule has 2 fully saturated rings. The van der Waals surface area contributed by atoms with E-state index >= 15 is 8.78 Å². The molecule has 5 aliphatic rings. The van der Waals surface area contributed by atoms with E-state index in [1.165, 1.54) is 6.07 Å². The Hall–Kier alpha value is -3.36. The van der Waals surface area contributed by atoms with E-state index in [9.17, 15) is 10.1 Å². The van der Waals surface area contributed by atoms with Crippen molar-refractivity contribution >= 4 is 17.7 Å². The van der Waals surface area contributed by atoms with E-state index in [2.05, 4.69) is 21.3 Å². The molecule has 1 saturated carbocycles. The van der Waals surface area contributed by atoms with Crippen molar-refractivity contribution in [3.8, 4) is 6.07 Å². The first-order valence-electron chi connectivity index (χ1n) is 15.1. The van der Waals surface area contributed by atoms with Gasteiger partial charge >= 0.3 is 6.03 Å². The lowest BCUT2D eigenvalue weighted by atomic mass is 9.89. The molecule has 8 bridgehead atoms. The van der Waals surface area contributed by atoms with Crippen molar-refractivity contribution in [1.29, 1.82) is 5.26 Å². The highest BCUT2D eigenvalue weighted by molar-refractivity contribution is 5.95. The molecule has 4 aliphatic heterocycles. The predicted molar refractivity (Wildman–Crippen MR) is 154 cm³/mol. The van der Waals surface area contributed by atoms with Crippen molar-refractivity contribution in [2.45, 2.75) is 76.4 Å². The highest BCUT2D eigenvalue weighted by Gasteiger charge is 2.54. The number of nitrogens with one attached hydrogen (secondary N) is 1. The van der Waals surface area contributed by atoms with Crippen LogP contribution in [0.1, 0.15) is 74.0 Å². The number of anilines is 2. The molecule has 224 valence electrons. The zero-order valence-electron chi connectivity index (χ0n) is 24.4. The van der Waals surface area contributed by atoms with Crippen LogP contribution in [0.5, 0.6) is 0 Å². The summed E-state index contributed by atoms with van der Waals surface area (Å²) in [5.41, 5.74) is 0.662. The highest BCUT2D eigenvalue weighted by Crippen LogP contribution is 2.46. The first-order chi connectivity index (χ1) is 20.2. The lowest BCUT2D eigenvalue weighted by Gasteiger charge is -2.41. The van der Waals surface area contributed by atoms with Crippen LogP contribution in [-0.2, 0) is 17.2 Å². The number of nitriles is 1. The lowest BCUT2D eigenvalue weighted by molar-refractivity contribution is -0.0570. The van der Waals surface area contributed by atoms with E-state index in [4.69, 9.17) is 9.72 Å². The summed E-state index contributed by atoms with van der Waals surface area (Å²) in [6.45, 7) is 7.74. The number of urea groups is 1. The molecule has 5 heterocycles. The van der Waals surface area contributed by atoms with Gasteiger partial charge in [0.05, 0.1) is 18.2 Å². The minimum Gasteiger partial charge on any atom is -0.381 e. The zero-order valence-corrected chi connectivity index (χ0v) is 24.4. The van der Waals surface area contributed by atoms with Crippen molar-refractivity contribution in [2.75, 3.05) is 49.6 Å². The Bertz CT molecular complexity index is 1370. The minimum atomic E-state index is -2.92. The first-order valence-corrected chi connectivity index (χ1v) is 15.1. The van der Waals surface area contributed by atoms with Gasteiger partial charge in [-0.05, 0) is 70.0 Å². The molecule has 0 radical (unpaired) electrons. The van der Waals surface area contributed by atoms with Gasteiger partial charge in [-0.25, -0.2) is 23.5 Å². The molecular formula is C31H39F2N7O2. The summed E-state index contributed by atoms with van der Waals surface area (Å²) in [6.07, 6.45) is 3.59. The monoisotopic (exact) mass is 579 g/mol. The summed E-state index contributed by atoms with van der Waals surface area (Å²) in [6, 6.07) is 8.44. The van der Waals surface area contributed by atoms with E-state index in [0.29, 0.717) is 69.6 Å². The normalized spacial score (nSPS) is 27.4. The van der Waals surface area contributed by atoms with E-state index in [1.807, 2.05) is 13.0 Å². The van der Waals surface area contributed by atoms with Gasteiger partial charge in [-0.2, -0.15) is 5.26 Å². The molecule has 1 aromatic carbocycles. The second-order valence-electron chi connectivity index (χ2n) is 12.3. The maximum Gasteiger partial charge on any atom is 0.327 e. The average Bonchev–Trinajstić information content (AvgIpc) is 3.74. The molecule has 42 heavy (non-hydrogen) atoms. The molecule has 1 aromatic heterocycles. The molecular weight excluding hydrogens is 540 g/mol. The number of benzene rings is 1. The fourth-order valence-electron chi connectivity index (χ4n) is 6.39. The number of fused-ring (bicyclic) bond motifs is 9. The Morgan fingerprint density at radius 2 is 1.90 bits per heavy atom. The van der Waals surface area contributed by atoms with Crippen LogP contribution in [0.3, 0.4) is 0 Å². The number of alkyl halides is 2. The number of aromatic nitrogens is 2. The Morgan fingerprint density at radius 1 is 1.12 bits per heavy atom. The number of amides is 2. The van der Waals surface area contributed by atoms with Crippen molar-refractivity contribution in [3.63, 3.8) is 0 Å². The van der Waals surface area contributed by atoms with Gasteiger partial charge in [0.1, 0.15) is 23.0 Å². The molecule has 1 N–H and O–H groups in total. The second kappa shape index (κ2) is 11.4. The molecule has 1 atom stereocenters. The SMILES string of the molecule is Cc1nc2c3c(n1)N(CCCOCCCCN1CC(C1)CC(F)(F)c1cccc(c1)[C@@H](C)N2)C(=O)N(C1(C#N)CC1)C3. The summed E-state index contributed by atoms with van der Waals surface area (Å²) < 4.78 is 36.7. The Kier molecular flexibility index (Phi) is 7.79. The number of hydrogen-bond donors (Lipinski definition) is 1. The van der Waals surface area contributed by atoms with E-state index in [-0.39, 0.29) is 36.5 Å². The van der Waals surface area contributed by atoms with Gasteiger partial charge in [0.2, 0.25) is 0 Å². The fourth-order valence-corrected chi connectivity index (χ4v) is 6.39. The number of nitrogens with zero attached hydrogens (tertiary/aromatic N) is 6. The fraction of sp³-hybridized carbons (Fsp3) is 0.613. The van der Waals surface area contributed by atoms with Crippen LogP contribution in [0.4, 0.5) is 25.2 Å². The van der Waals surface area contributed by atoms with Crippen LogP contribution in [0, 0.1) is 24.2 Å². The molecule has 1 saturated heterocycles. The van der Waals surface area contributed by atoms with E-state index < -0.39 is 11.5 Å². The topological polar surface area (TPSA) is 97.6 Å². The van der Waals surface area contributed by atoms with Crippen LogP contribution in [0.15, 0.2) is 24.3 Å². The third-order valence-electron chi connectivity index (χ3n) is 9.00. The largest absolute Gasteiger partial charge is 0.381 e. The standard InChI is InChI=1S/C31H39F2N7O2/c1-21-24-7-5-8-25(15-24)31(32,33)16-23-17-38(18-23)11-3-4-13-42-14-6-12-39-28-26(27(35-21)36-22(2)37-28)19-40(29(39)41)30(20-34)9-10-30/h5,7-8,15,21,23H,3-4,6,9-14,16-19H2,1-2H3,(H,35,36,37)/t21-/m1/s1. The minimum absolute atomic E-state index is 0.0133. The van der Waals surface area contributed by atoms with Gasteiger partial charge < -0.3 is 19.9 Å². The predicted octanol–water partition coefficient (Wildman–Crippen LogP) is 5.37. The Balaban J connectivity index is 1.33. The van der Waals surface area contributed by atoms with Crippen molar-refractivity contribution in [3.05, 3.63) is 46.8 Å². The quantitative estimate of drug-likeness (QED) is 0.485. The Morgan fingerprint density at radius 3 is 2.67 bits per heavy atom. The summed E-state index contributed by atoms with van der Waals surface area (Å²) >= 11 is 0. The number of ether oxygens (including phenoxy) is 1. The third kappa shape index (κ3) is 5.66. The molecule has 1 aliphatic carbocycles. The summed E-state index contributed by atoms with van der Waals surface area (Å²) in [7, 11) is 0. The smallest absolute Gasteiger partial charge is 0.327 e. The van der Waals surface area contributed by atoms with Gasteiger partial charge in [-0.3, -0.25) is 4.90 Å². The summed E-state index contributed by atoms with van der Waals surface area (Å²) in [5, 5.41) is 13.4. The van der Waals surface area contributed by atoms with Crippen LogP contribution in [0.25, 0.3) is 0 Å². The maximum atomic E-state index is 15.4. The average molecular weight is 580 g/mol. The van der Waals surface area contributed by atoms with Crippen molar-refractivity contribution in [1.82, 2.24) is 19.8 Å². The highest BCUT2D eigenvalue weighted by atomic mass is 19.3. The lowest BCUT2D eigenvalue weighted by Crippen LogP contribution is -2.53. The molecule has 0 unspecified atom stereocenters. The molecule has 7 rings (SSSR count). The number of rotatable bonds is 1. The van der Waals surface area contributed by atoms with Crippen molar-refractivity contribution < 1.29 is 18.3 Å². The van der Waals surface area contributed by atoms with E-state index in [0.717, 1.165) is 30.5 Å². The number of aryl methyl sites for hydroxylation is 1. The van der Waals surface area contributed by atoms with E-state index in [1.54, 1.807) is 28.9 Å². The molecule has 0 spiro atoms. The number of hydrogen-bond acceptors (Lipinski definition) is 7. The molecule has 2 amide bonds. The van der Waals surface area contributed by atoms with Gasteiger partial charge in [0.15, 0.2) is 0 Å². The van der Waals surface area contributed by atoms with Gasteiger partial charge in [0.25, 0.3) is 5.92 Å². The van der Waals surface area contributed by atoms with Gasteiger partial charge in [-0.15, -0.1) is 0 Å². The number of carbonyl (C=O) groups is 1.